The monoisotopic (exact) mass is 469 g/mol. The van der Waals surface area contributed by atoms with Crippen molar-refractivity contribution in [3.63, 3.8) is 0 Å². The molecule has 4 rings (SSSR count). The normalized spacial score (nSPS) is 15.4. The number of hydrogen-bond acceptors (Lipinski definition) is 7. The molecule has 0 aliphatic carbocycles. The van der Waals surface area contributed by atoms with Crippen molar-refractivity contribution in [2.75, 3.05) is 25.6 Å². The summed E-state index contributed by atoms with van der Waals surface area (Å²) >= 11 is 1.29. The number of nitrogens with zero attached hydrogens (tertiary/aromatic N) is 2. The fourth-order valence-electron chi connectivity index (χ4n) is 3.78. The second-order valence-electron chi connectivity index (χ2n) is 7.93. The summed E-state index contributed by atoms with van der Waals surface area (Å²) in [7, 11) is 1.63. The number of thiazole rings is 1. The first kappa shape index (κ1) is 23.0. The predicted molar refractivity (Wildman–Crippen MR) is 125 cm³/mol. The van der Waals surface area contributed by atoms with Gasteiger partial charge in [0.1, 0.15) is 11.5 Å². The first-order valence-corrected chi connectivity index (χ1v) is 11.7. The van der Waals surface area contributed by atoms with Crippen molar-refractivity contribution in [2.45, 2.75) is 38.8 Å². The Morgan fingerprint density at radius 2 is 2.21 bits per heavy atom. The third kappa shape index (κ3) is 6.00. The third-order valence-electron chi connectivity index (χ3n) is 5.52. The number of hydrogen-bond donors (Lipinski definition) is 1. The van der Waals surface area contributed by atoms with Gasteiger partial charge in [-0.05, 0) is 43.5 Å². The van der Waals surface area contributed by atoms with E-state index in [1.807, 2.05) is 29.2 Å². The molecule has 0 radical (unpaired) electrons. The molecule has 1 saturated heterocycles. The molecule has 8 nitrogen and oxygen atoms in total. The molecule has 33 heavy (non-hydrogen) atoms. The molecule has 0 saturated carbocycles. The van der Waals surface area contributed by atoms with E-state index in [0.29, 0.717) is 35.2 Å². The number of methoxy groups -OCH3 is 1. The van der Waals surface area contributed by atoms with Gasteiger partial charge in [-0.15, -0.1) is 11.3 Å². The standard InChI is InChI=1S/C24H27N3O5S/c1-16-21(8-10-31-16)23(29)26-24-25-18(15-33-24)12-22(28)27(14-20-7-4-9-32-20)13-17-5-3-6-19(11-17)30-2/h3,5-6,8,10-11,15,20H,4,7,9,12-14H2,1-2H3,(H,25,26,29). The van der Waals surface area contributed by atoms with Crippen molar-refractivity contribution < 1.29 is 23.5 Å². The lowest BCUT2D eigenvalue weighted by molar-refractivity contribution is -0.132. The van der Waals surface area contributed by atoms with Crippen LogP contribution in [0.25, 0.3) is 0 Å². The molecule has 1 atom stereocenters. The Hall–Kier alpha value is -3.17. The molecule has 1 unspecified atom stereocenters. The van der Waals surface area contributed by atoms with Gasteiger partial charge in [-0.3, -0.25) is 14.9 Å². The van der Waals surface area contributed by atoms with E-state index >= 15 is 0 Å². The summed E-state index contributed by atoms with van der Waals surface area (Å²) in [4.78, 5) is 31.9. The number of ether oxygens (including phenoxy) is 2. The number of benzene rings is 1. The largest absolute Gasteiger partial charge is 0.497 e. The summed E-state index contributed by atoms with van der Waals surface area (Å²) in [6, 6.07) is 9.33. The maximum Gasteiger partial charge on any atom is 0.260 e. The fraction of sp³-hybridized carbons (Fsp3) is 0.375. The number of carbonyl (C=O) groups excluding carboxylic acids is 2. The van der Waals surface area contributed by atoms with E-state index in [-0.39, 0.29) is 24.3 Å². The van der Waals surface area contributed by atoms with Gasteiger partial charge in [0.15, 0.2) is 5.13 Å². The van der Waals surface area contributed by atoms with Gasteiger partial charge in [0.2, 0.25) is 5.91 Å². The highest BCUT2D eigenvalue weighted by Gasteiger charge is 2.24. The Balaban J connectivity index is 1.42. The van der Waals surface area contributed by atoms with Crippen LogP contribution in [-0.2, 0) is 22.5 Å². The van der Waals surface area contributed by atoms with Gasteiger partial charge in [0.25, 0.3) is 5.91 Å². The number of carbonyl (C=O) groups is 2. The van der Waals surface area contributed by atoms with Crippen LogP contribution < -0.4 is 10.1 Å². The SMILES string of the molecule is COc1cccc(CN(CC2CCCO2)C(=O)Cc2csc(NC(=O)c3ccoc3C)n2)c1. The fourth-order valence-corrected chi connectivity index (χ4v) is 4.48. The van der Waals surface area contributed by atoms with E-state index in [1.54, 1.807) is 25.5 Å². The first-order chi connectivity index (χ1) is 16.0. The maximum absolute atomic E-state index is 13.2. The number of amides is 2. The van der Waals surface area contributed by atoms with Crippen LogP contribution in [0.15, 0.2) is 46.4 Å². The molecule has 174 valence electrons. The number of aryl methyl sites for hydroxylation is 1. The smallest absolute Gasteiger partial charge is 0.260 e. The van der Waals surface area contributed by atoms with Gasteiger partial charge >= 0.3 is 0 Å². The quantitative estimate of drug-likeness (QED) is 0.508. The van der Waals surface area contributed by atoms with Crippen LogP contribution in [0.3, 0.4) is 0 Å². The van der Waals surface area contributed by atoms with Crippen molar-refractivity contribution in [1.29, 1.82) is 0 Å². The second-order valence-corrected chi connectivity index (χ2v) is 8.78. The van der Waals surface area contributed by atoms with E-state index in [2.05, 4.69) is 10.3 Å². The van der Waals surface area contributed by atoms with Gasteiger partial charge in [0.05, 0.1) is 37.2 Å². The van der Waals surface area contributed by atoms with Crippen LogP contribution in [0.1, 0.15) is 40.2 Å². The topological polar surface area (TPSA) is 93.9 Å². The molecule has 1 aliphatic heterocycles. The summed E-state index contributed by atoms with van der Waals surface area (Å²) in [6.45, 7) is 3.45. The van der Waals surface area contributed by atoms with Gasteiger partial charge in [-0.1, -0.05) is 12.1 Å². The van der Waals surface area contributed by atoms with Crippen LogP contribution in [0.4, 0.5) is 5.13 Å². The molecule has 9 heteroatoms. The number of anilines is 1. The highest BCUT2D eigenvalue weighted by molar-refractivity contribution is 7.14. The van der Waals surface area contributed by atoms with Gasteiger partial charge in [-0.2, -0.15) is 0 Å². The Labute approximate surface area is 196 Å². The lowest BCUT2D eigenvalue weighted by atomic mass is 10.1. The molecule has 0 spiro atoms. The second kappa shape index (κ2) is 10.6. The molecule has 0 bridgehead atoms. The lowest BCUT2D eigenvalue weighted by Gasteiger charge is -2.25. The molecule has 1 fully saturated rings. The van der Waals surface area contributed by atoms with E-state index in [1.165, 1.54) is 17.6 Å². The average Bonchev–Trinajstić information content (AvgIpc) is 3.56. The van der Waals surface area contributed by atoms with Crippen LogP contribution in [0.5, 0.6) is 5.75 Å². The van der Waals surface area contributed by atoms with Crippen molar-refractivity contribution >= 4 is 28.3 Å². The van der Waals surface area contributed by atoms with Gasteiger partial charge < -0.3 is 18.8 Å². The third-order valence-corrected chi connectivity index (χ3v) is 6.32. The molecule has 1 N–H and O–H groups in total. The molecular weight excluding hydrogens is 442 g/mol. The van der Waals surface area contributed by atoms with Gasteiger partial charge in [-0.25, -0.2) is 4.98 Å². The molecular formula is C24H27N3O5S. The molecule has 2 amide bonds. The maximum atomic E-state index is 13.2. The zero-order valence-electron chi connectivity index (χ0n) is 18.7. The number of rotatable bonds is 9. The molecule has 3 heterocycles. The van der Waals surface area contributed by atoms with Gasteiger partial charge in [0, 0.05) is 25.1 Å². The first-order valence-electron chi connectivity index (χ1n) is 10.8. The summed E-state index contributed by atoms with van der Waals surface area (Å²) in [6.07, 6.45) is 3.62. The lowest BCUT2D eigenvalue weighted by Crippen LogP contribution is -2.37. The van der Waals surface area contributed by atoms with Crippen LogP contribution in [-0.4, -0.2) is 48.1 Å². The zero-order valence-corrected chi connectivity index (χ0v) is 19.5. The van der Waals surface area contributed by atoms with Crippen LogP contribution in [0, 0.1) is 6.92 Å². The molecule has 3 aromatic rings. The average molecular weight is 470 g/mol. The number of nitrogens with one attached hydrogen (secondary N) is 1. The minimum Gasteiger partial charge on any atom is -0.497 e. The van der Waals surface area contributed by atoms with Crippen molar-refractivity contribution in [3.8, 4) is 5.75 Å². The van der Waals surface area contributed by atoms with Crippen molar-refractivity contribution in [2.24, 2.45) is 0 Å². The van der Waals surface area contributed by atoms with E-state index in [0.717, 1.165) is 30.8 Å². The minimum absolute atomic E-state index is 0.0397. The minimum atomic E-state index is -0.286. The highest BCUT2D eigenvalue weighted by Crippen LogP contribution is 2.21. The van der Waals surface area contributed by atoms with Crippen LogP contribution >= 0.6 is 11.3 Å². The predicted octanol–water partition coefficient (Wildman–Crippen LogP) is 4.06. The molecule has 1 aromatic carbocycles. The Bertz CT molecular complexity index is 1100. The summed E-state index contributed by atoms with van der Waals surface area (Å²) in [5.41, 5.74) is 2.07. The van der Waals surface area contributed by atoms with Crippen molar-refractivity contribution in [3.05, 3.63) is 64.6 Å². The Morgan fingerprint density at radius 3 is 2.94 bits per heavy atom. The molecule has 2 aromatic heterocycles. The van der Waals surface area contributed by atoms with E-state index < -0.39 is 0 Å². The Morgan fingerprint density at radius 1 is 1.33 bits per heavy atom. The van der Waals surface area contributed by atoms with Crippen LogP contribution in [0.2, 0.25) is 0 Å². The highest BCUT2D eigenvalue weighted by atomic mass is 32.1. The zero-order chi connectivity index (χ0) is 23.2. The molecule has 1 aliphatic rings. The number of aromatic nitrogens is 1. The summed E-state index contributed by atoms with van der Waals surface area (Å²) in [5, 5.41) is 5.01. The van der Waals surface area contributed by atoms with E-state index in [9.17, 15) is 9.59 Å². The number of furan rings is 1. The Kier molecular flexibility index (Phi) is 7.41. The van der Waals surface area contributed by atoms with Crippen molar-refractivity contribution in [1.82, 2.24) is 9.88 Å². The van der Waals surface area contributed by atoms with E-state index in [4.69, 9.17) is 13.9 Å². The summed E-state index contributed by atoms with van der Waals surface area (Å²) < 4.78 is 16.3. The summed E-state index contributed by atoms with van der Waals surface area (Å²) in [5.74, 6) is 0.972.